The van der Waals surface area contributed by atoms with Gasteiger partial charge in [0.1, 0.15) is 0 Å². The lowest BCUT2D eigenvalue weighted by molar-refractivity contribution is 0.363. The molecule has 30 heavy (non-hydrogen) atoms. The molecular weight excluding hydrogens is 407 g/mol. The van der Waals surface area contributed by atoms with Gasteiger partial charge in [0, 0.05) is 32.6 Å². The quantitative estimate of drug-likeness (QED) is 0.718. The molecule has 1 aromatic heterocycles. The maximum absolute atomic E-state index is 14.2. The van der Waals surface area contributed by atoms with Crippen molar-refractivity contribution in [2.45, 2.75) is 39.7 Å². The van der Waals surface area contributed by atoms with Crippen molar-refractivity contribution in [3.05, 3.63) is 41.3 Å². The van der Waals surface area contributed by atoms with E-state index in [4.69, 9.17) is 9.72 Å². The molecule has 0 saturated carbocycles. The van der Waals surface area contributed by atoms with E-state index in [1.807, 2.05) is 0 Å². The van der Waals surface area contributed by atoms with Gasteiger partial charge in [-0.05, 0) is 37.8 Å². The first kappa shape index (κ1) is 21.0. The molecule has 1 aromatic carbocycles. The molecule has 0 N–H and O–H groups in total. The molecule has 7 nitrogen and oxygen atoms in total. The Hall–Kier alpha value is -2.26. The third-order valence-electron chi connectivity index (χ3n) is 5.84. The fourth-order valence-electron chi connectivity index (χ4n) is 3.83. The van der Waals surface area contributed by atoms with Crippen LogP contribution in [-0.4, -0.2) is 48.1 Å². The first-order chi connectivity index (χ1) is 14.4. The second-order valence-corrected chi connectivity index (χ2v) is 10.2. The third-order valence-corrected chi connectivity index (χ3v) is 7.67. The Kier molecular flexibility index (Phi) is 5.92. The Balaban J connectivity index is 1.73. The zero-order valence-corrected chi connectivity index (χ0v) is 18.2. The molecule has 2 aliphatic rings. The second-order valence-electron chi connectivity index (χ2n) is 7.94. The number of rotatable bonds is 5. The van der Waals surface area contributed by atoms with Crippen LogP contribution >= 0.6 is 0 Å². The normalized spacial score (nSPS) is 18.3. The van der Waals surface area contributed by atoms with E-state index in [0.717, 1.165) is 31.6 Å². The number of aromatic nitrogens is 2. The molecule has 0 amide bonds. The van der Waals surface area contributed by atoms with Gasteiger partial charge in [0.2, 0.25) is 21.9 Å². The SMILES string of the molecule is CCS(=O)(=O)N1CCc2nc(N3CCC(C)CC3)nc(Oc3ccccc3F)c2C1. The smallest absolute Gasteiger partial charge is 0.229 e. The van der Waals surface area contributed by atoms with E-state index < -0.39 is 15.8 Å². The Bertz CT molecular complexity index is 1020. The lowest BCUT2D eigenvalue weighted by Crippen LogP contribution is -2.38. The van der Waals surface area contributed by atoms with Crippen molar-refractivity contribution in [2.24, 2.45) is 5.92 Å². The van der Waals surface area contributed by atoms with Gasteiger partial charge in [0.25, 0.3) is 0 Å². The summed E-state index contributed by atoms with van der Waals surface area (Å²) in [6, 6.07) is 6.14. The van der Waals surface area contributed by atoms with Crippen LogP contribution in [0.5, 0.6) is 11.6 Å². The van der Waals surface area contributed by atoms with Crippen LogP contribution in [0.3, 0.4) is 0 Å². The van der Waals surface area contributed by atoms with Gasteiger partial charge in [0.15, 0.2) is 11.6 Å². The average Bonchev–Trinajstić information content (AvgIpc) is 2.75. The summed E-state index contributed by atoms with van der Waals surface area (Å²) in [5.74, 6) is 1.06. The molecular formula is C21H27FN4O3S. The van der Waals surface area contributed by atoms with Crippen LogP contribution in [0.1, 0.15) is 37.9 Å². The van der Waals surface area contributed by atoms with Gasteiger partial charge in [0.05, 0.1) is 17.0 Å². The Morgan fingerprint density at radius 3 is 2.60 bits per heavy atom. The number of anilines is 1. The van der Waals surface area contributed by atoms with Gasteiger partial charge in [-0.3, -0.25) is 0 Å². The summed E-state index contributed by atoms with van der Waals surface area (Å²) in [5.41, 5.74) is 1.38. The zero-order chi connectivity index (χ0) is 21.3. The molecule has 1 saturated heterocycles. The maximum atomic E-state index is 14.2. The van der Waals surface area contributed by atoms with Gasteiger partial charge in [-0.15, -0.1) is 0 Å². The zero-order valence-electron chi connectivity index (χ0n) is 17.3. The minimum absolute atomic E-state index is 0.0245. The van der Waals surface area contributed by atoms with E-state index in [1.165, 1.54) is 16.4 Å². The van der Waals surface area contributed by atoms with Crippen molar-refractivity contribution in [2.75, 3.05) is 30.3 Å². The molecule has 0 bridgehead atoms. The lowest BCUT2D eigenvalue weighted by atomic mass is 9.99. The molecule has 162 valence electrons. The Morgan fingerprint density at radius 2 is 1.90 bits per heavy atom. The topological polar surface area (TPSA) is 75.6 Å². The third kappa shape index (κ3) is 4.27. The van der Waals surface area contributed by atoms with Gasteiger partial charge >= 0.3 is 0 Å². The lowest BCUT2D eigenvalue weighted by Gasteiger charge is -2.32. The average molecular weight is 435 g/mol. The van der Waals surface area contributed by atoms with Crippen molar-refractivity contribution in [1.29, 1.82) is 0 Å². The van der Waals surface area contributed by atoms with Crippen LogP contribution in [0.25, 0.3) is 0 Å². The molecule has 0 radical (unpaired) electrons. The monoisotopic (exact) mass is 434 g/mol. The Labute approximate surface area is 176 Å². The van der Waals surface area contributed by atoms with Gasteiger partial charge in [-0.2, -0.15) is 9.29 Å². The molecule has 4 rings (SSSR count). The van der Waals surface area contributed by atoms with E-state index in [0.29, 0.717) is 30.4 Å². The fourth-order valence-corrected chi connectivity index (χ4v) is 4.89. The molecule has 1 fully saturated rings. The molecule has 0 atom stereocenters. The highest BCUT2D eigenvalue weighted by molar-refractivity contribution is 7.89. The molecule has 0 spiro atoms. The van der Waals surface area contributed by atoms with Crippen LogP contribution in [0, 0.1) is 11.7 Å². The largest absolute Gasteiger partial charge is 0.435 e. The number of sulfonamides is 1. The standard InChI is InChI=1S/C21H27FN4O3S/c1-3-30(27,28)26-13-10-18-16(14-26)20(29-19-7-5-4-6-17(19)22)24-21(23-18)25-11-8-15(2)9-12-25/h4-7,15H,3,8-14H2,1-2H3. The molecule has 3 heterocycles. The number of para-hydroxylation sites is 1. The fraction of sp³-hybridized carbons (Fsp3) is 0.524. The number of halogens is 1. The highest BCUT2D eigenvalue weighted by Crippen LogP contribution is 2.34. The Morgan fingerprint density at radius 1 is 1.17 bits per heavy atom. The first-order valence-electron chi connectivity index (χ1n) is 10.4. The van der Waals surface area contributed by atoms with Crippen LogP contribution < -0.4 is 9.64 Å². The van der Waals surface area contributed by atoms with Gasteiger partial charge < -0.3 is 9.64 Å². The number of benzene rings is 1. The minimum atomic E-state index is -3.36. The van der Waals surface area contributed by atoms with Crippen molar-refractivity contribution < 1.29 is 17.5 Å². The molecule has 9 heteroatoms. The number of nitrogens with zero attached hydrogens (tertiary/aromatic N) is 4. The summed E-state index contributed by atoms with van der Waals surface area (Å²) in [5, 5.41) is 0. The summed E-state index contributed by atoms with van der Waals surface area (Å²) in [6.45, 7) is 6.08. The predicted octanol–water partition coefficient (Wildman–Crippen LogP) is 3.35. The molecule has 0 unspecified atom stereocenters. The summed E-state index contributed by atoms with van der Waals surface area (Å²) in [4.78, 5) is 11.5. The maximum Gasteiger partial charge on any atom is 0.229 e. The molecule has 0 aliphatic carbocycles. The van der Waals surface area contributed by atoms with Crippen molar-refractivity contribution >= 4 is 16.0 Å². The number of piperidine rings is 1. The van der Waals surface area contributed by atoms with Gasteiger partial charge in [-0.1, -0.05) is 19.1 Å². The minimum Gasteiger partial charge on any atom is -0.435 e. The van der Waals surface area contributed by atoms with E-state index in [2.05, 4.69) is 16.8 Å². The van der Waals surface area contributed by atoms with E-state index >= 15 is 0 Å². The number of fused-ring (bicyclic) bond motifs is 1. The van der Waals surface area contributed by atoms with Crippen LogP contribution in [0.15, 0.2) is 24.3 Å². The highest BCUT2D eigenvalue weighted by Gasteiger charge is 2.31. The van der Waals surface area contributed by atoms with Crippen molar-refractivity contribution in [3.63, 3.8) is 0 Å². The number of hydrogen-bond donors (Lipinski definition) is 0. The van der Waals surface area contributed by atoms with E-state index in [1.54, 1.807) is 19.1 Å². The molecule has 2 aromatic rings. The van der Waals surface area contributed by atoms with Crippen molar-refractivity contribution in [3.8, 4) is 11.6 Å². The van der Waals surface area contributed by atoms with Gasteiger partial charge in [-0.25, -0.2) is 17.8 Å². The molecule has 2 aliphatic heterocycles. The summed E-state index contributed by atoms with van der Waals surface area (Å²) in [6.07, 6.45) is 2.60. The summed E-state index contributed by atoms with van der Waals surface area (Å²) >= 11 is 0. The first-order valence-corrected chi connectivity index (χ1v) is 12.0. The van der Waals surface area contributed by atoms with E-state index in [-0.39, 0.29) is 23.9 Å². The number of ether oxygens (including phenoxy) is 1. The summed E-state index contributed by atoms with van der Waals surface area (Å²) in [7, 11) is -3.36. The van der Waals surface area contributed by atoms with Crippen LogP contribution in [0.2, 0.25) is 0 Å². The highest BCUT2D eigenvalue weighted by atomic mass is 32.2. The van der Waals surface area contributed by atoms with E-state index in [9.17, 15) is 12.8 Å². The van der Waals surface area contributed by atoms with Crippen LogP contribution in [-0.2, 0) is 23.0 Å². The second kappa shape index (κ2) is 8.47. The number of hydrogen-bond acceptors (Lipinski definition) is 6. The summed E-state index contributed by atoms with van der Waals surface area (Å²) < 4.78 is 46.4. The van der Waals surface area contributed by atoms with Crippen LogP contribution in [0.4, 0.5) is 10.3 Å². The predicted molar refractivity (Wildman–Crippen MR) is 113 cm³/mol. The van der Waals surface area contributed by atoms with Crippen molar-refractivity contribution in [1.82, 2.24) is 14.3 Å².